The van der Waals surface area contributed by atoms with Crippen LogP contribution in [0.5, 0.6) is 11.5 Å². The molecular weight excluding hydrogens is 372 g/mol. The third kappa shape index (κ3) is 4.34. The van der Waals surface area contributed by atoms with Crippen LogP contribution in [0.15, 0.2) is 36.4 Å². The molecule has 0 radical (unpaired) electrons. The number of nitrogens with zero attached hydrogens (tertiary/aromatic N) is 1. The van der Waals surface area contributed by atoms with E-state index in [0.717, 1.165) is 26.7 Å². The highest BCUT2D eigenvalue weighted by Crippen LogP contribution is 2.33. The molecule has 0 saturated heterocycles. The first-order valence-corrected chi connectivity index (χ1v) is 9.78. The summed E-state index contributed by atoms with van der Waals surface area (Å²) in [5.74, 6) is 1.13. The Morgan fingerprint density at radius 3 is 2.32 bits per heavy atom. The van der Waals surface area contributed by atoms with Gasteiger partial charge in [-0.2, -0.15) is 0 Å². The van der Waals surface area contributed by atoms with Crippen molar-refractivity contribution in [3.05, 3.63) is 57.4 Å². The van der Waals surface area contributed by atoms with Crippen LogP contribution < -0.4 is 14.8 Å². The lowest BCUT2D eigenvalue weighted by atomic mass is 10.1. The van der Waals surface area contributed by atoms with E-state index >= 15 is 0 Å². The Hall–Kier alpha value is -2.86. The van der Waals surface area contributed by atoms with Gasteiger partial charge in [0.1, 0.15) is 0 Å². The van der Waals surface area contributed by atoms with Gasteiger partial charge in [0.2, 0.25) is 5.91 Å². The number of methoxy groups -OCH3 is 2. The van der Waals surface area contributed by atoms with Gasteiger partial charge in [-0.1, -0.05) is 29.8 Å². The average molecular weight is 397 g/mol. The molecule has 0 atom stereocenters. The number of aryl methyl sites for hydroxylation is 3. The summed E-state index contributed by atoms with van der Waals surface area (Å²) >= 11 is 1.55. The molecule has 0 fully saturated rings. The first kappa shape index (κ1) is 19.9. The second-order valence-electron chi connectivity index (χ2n) is 6.62. The third-order valence-electron chi connectivity index (χ3n) is 4.46. The van der Waals surface area contributed by atoms with Crippen molar-refractivity contribution in [3.8, 4) is 22.8 Å². The number of carbonyl (C=O) groups excluding carboxylic acids is 1. The summed E-state index contributed by atoms with van der Waals surface area (Å²) < 4.78 is 10.6. The van der Waals surface area contributed by atoms with Crippen molar-refractivity contribution in [1.82, 2.24) is 4.98 Å². The number of thiazole rings is 1. The summed E-state index contributed by atoms with van der Waals surface area (Å²) in [6, 6.07) is 11.8. The molecule has 0 saturated carbocycles. The van der Waals surface area contributed by atoms with E-state index in [0.29, 0.717) is 17.2 Å². The van der Waals surface area contributed by atoms with Gasteiger partial charge in [0.15, 0.2) is 11.5 Å². The Bertz CT molecular complexity index is 994. The van der Waals surface area contributed by atoms with E-state index in [1.165, 1.54) is 5.56 Å². The maximum absolute atomic E-state index is 12.7. The zero-order chi connectivity index (χ0) is 20.3. The molecule has 0 spiro atoms. The minimum absolute atomic E-state index is 0.0904. The number of amides is 1. The standard InChI is InChI=1S/C22H24N2O3S/c1-13-6-8-16(9-7-13)22-20(28-15(3)23-22)12-21(25)24-17-11-19(27-5)18(26-4)10-14(17)2/h6-11H,12H2,1-5H3,(H,24,25). The maximum Gasteiger partial charge on any atom is 0.229 e. The van der Waals surface area contributed by atoms with Gasteiger partial charge >= 0.3 is 0 Å². The predicted octanol–water partition coefficient (Wildman–Crippen LogP) is 4.93. The smallest absolute Gasteiger partial charge is 0.229 e. The zero-order valence-electron chi connectivity index (χ0n) is 16.8. The van der Waals surface area contributed by atoms with Crippen molar-refractivity contribution in [2.75, 3.05) is 19.5 Å². The lowest BCUT2D eigenvalue weighted by molar-refractivity contribution is -0.115. The van der Waals surface area contributed by atoms with Crippen molar-refractivity contribution < 1.29 is 14.3 Å². The average Bonchev–Trinajstić information content (AvgIpc) is 3.03. The Morgan fingerprint density at radius 1 is 1.04 bits per heavy atom. The minimum Gasteiger partial charge on any atom is -0.493 e. The quantitative estimate of drug-likeness (QED) is 0.641. The molecule has 1 amide bonds. The molecule has 1 heterocycles. The first-order chi connectivity index (χ1) is 13.4. The highest BCUT2D eigenvalue weighted by atomic mass is 32.1. The second-order valence-corrected chi connectivity index (χ2v) is 7.91. The van der Waals surface area contributed by atoms with Crippen LogP contribution in [0.3, 0.4) is 0 Å². The van der Waals surface area contributed by atoms with Gasteiger partial charge in [-0.05, 0) is 32.4 Å². The molecule has 1 aromatic heterocycles. The maximum atomic E-state index is 12.7. The van der Waals surface area contributed by atoms with Crippen LogP contribution in [0.4, 0.5) is 5.69 Å². The number of rotatable bonds is 6. The van der Waals surface area contributed by atoms with E-state index in [9.17, 15) is 4.79 Å². The van der Waals surface area contributed by atoms with Crippen LogP contribution in [0, 0.1) is 20.8 Å². The molecule has 3 aromatic rings. The lowest BCUT2D eigenvalue weighted by Crippen LogP contribution is -2.15. The molecular formula is C22H24N2O3S. The Kier molecular flexibility index (Phi) is 5.99. The van der Waals surface area contributed by atoms with Gasteiger partial charge in [0.05, 0.1) is 31.3 Å². The van der Waals surface area contributed by atoms with Gasteiger partial charge in [-0.25, -0.2) is 4.98 Å². The number of ether oxygens (including phenoxy) is 2. The fraction of sp³-hybridized carbons (Fsp3) is 0.273. The lowest BCUT2D eigenvalue weighted by Gasteiger charge is -2.13. The fourth-order valence-electron chi connectivity index (χ4n) is 2.98. The van der Waals surface area contributed by atoms with E-state index in [-0.39, 0.29) is 12.3 Å². The Morgan fingerprint density at radius 2 is 1.68 bits per heavy atom. The summed E-state index contributed by atoms with van der Waals surface area (Å²) in [4.78, 5) is 18.3. The summed E-state index contributed by atoms with van der Waals surface area (Å²) in [6.07, 6.45) is 0.266. The van der Waals surface area contributed by atoms with E-state index < -0.39 is 0 Å². The highest BCUT2D eigenvalue weighted by Gasteiger charge is 2.16. The largest absolute Gasteiger partial charge is 0.493 e. The van der Waals surface area contributed by atoms with Crippen LogP contribution in [0.2, 0.25) is 0 Å². The fourth-order valence-corrected chi connectivity index (χ4v) is 3.94. The molecule has 3 rings (SSSR count). The van der Waals surface area contributed by atoms with E-state index in [1.54, 1.807) is 31.6 Å². The third-order valence-corrected chi connectivity index (χ3v) is 5.43. The number of nitrogens with one attached hydrogen (secondary N) is 1. The van der Waals surface area contributed by atoms with Crippen molar-refractivity contribution in [1.29, 1.82) is 0 Å². The molecule has 0 aliphatic rings. The molecule has 1 N–H and O–H groups in total. The predicted molar refractivity (Wildman–Crippen MR) is 114 cm³/mol. The zero-order valence-corrected chi connectivity index (χ0v) is 17.6. The van der Waals surface area contributed by atoms with Crippen LogP contribution >= 0.6 is 11.3 Å². The minimum atomic E-state index is -0.0904. The van der Waals surface area contributed by atoms with Crippen molar-refractivity contribution in [2.45, 2.75) is 27.2 Å². The van der Waals surface area contributed by atoms with Gasteiger partial charge in [0.25, 0.3) is 0 Å². The van der Waals surface area contributed by atoms with Crippen molar-refractivity contribution >= 4 is 22.9 Å². The van der Waals surface area contributed by atoms with E-state index in [4.69, 9.17) is 9.47 Å². The topological polar surface area (TPSA) is 60.5 Å². The molecule has 28 heavy (non-hydrogen) atoms. The summed E-state index contributed by atoms with van der Waals surface area (Å²) in [6.45, 7) is 5.93. The monoisotopic (exact) mass is 396 g/mol. The van der Waals surface area contributed by atoms with Gasteiger partial charge in [0, 0.05) is 22.2 Å². The van der Waals surface area contributed by atoms with Gasteiger partial charge in [-0.15, -0.1) is 11.3 Å². The highest BCUT2D eigenvalue weighted by molar-refractivity contribution is 7.12. The van der Waals surface area contributed by atoms with Crippen molar-refractivity contribution in [3.63, 3.8) is 0 Å². The molecule has 0 unspecified atom stereocenters. The number of hydrogen-bond donors (Lipinski definition) is 1. The van der Waals surface area contributed by atoms with Crippen LogP contribution in [-0.2, 0) is 11.2 Å². The van der Waals surface area contributed by atoms with Gasteiger partial charge in [-0.3, -0.25) is 4.79 Å². The molecule has 0 aliphatic heterocycles. The molecule has 0 bridgehead atoms. The van der Waals surface area contributed by atoms with E-state index in [1.807, 2.05) is 32.0 Å². The van der Waals surface area contributed by atoms with Crippen LogP contribution in [-0.4, -0.2) is 25.1 Å². The molecule has 6 heteroatoms. The summed E-state index contributed by atoms with van der Waals surface area (Å²) in [5, 5.41) is 3.93. The number of benzene rings is 2. The molecule has 2 aromatic carbocycles. The molecule has 146 valence electrons. The summed E-state index contributed by atoms with van der Waals surface area (Å²) in [5.41, 5.74) is 4.71. The molecule has 0 aliphatic carbocycles. The Labute approximate surface area is 169 Å². The normalized spacial score (nSPS) is 10.6. The number of anilines is 1. The summed E-state index contributed by atoms with van der Waals surface area (Å²) in [7, 11) is 3.17. The van der Waals surface area contributed by atoms with Gasteiger partial charge < -0.3 is 14.8 Å². The Balaban J connectivity index is 1.82. The number of aromatic nitrogens is 1. The van der Waals surface area contributed by atoms with Crippen molar-refractivity contribution in [2.24, 2.45) is 0 Å². The molecule has 5 nitrogen and oxygen atoms in total. The van der Waals surface area contributed by atoms with Crippen LogP contribution in [0.1, 0.15) is 21.0 Å². The number of carbonyl (C=O) groups is 1. The second kappa shape index (κ2) is 8.44. The SMILES string of the molecule is COc1cc(C)c(NC(=O)Cc2sc(C)nc2-c2ccc(C)cc2)cc1OC. The first-order valence-electron chi connectivity index (χ1n) is 8.97. The number of hydrogen-bond acceptors (Lipinski definition) is 5. The van der Waals surface area contributed by atoms with Crippen LogP contribution in [0.25, 0.3) is 11.3 Å². The van der Waals surface area contributed by atoms with E-state index in [2.05, 4.69) is 29.4 Å².